The van der Waals surface area contributed by atoms with Crippen LogP contribution >= 0.6 is 0 Å². The van der Waals surface area contributed by atoms with Gasteiger partial charge in [0.1, 0.15) is 0 Å². The van der Waals surface area contributed by atoms with E-state index >= 15 is 0 Å². The highest BCUT2D eigenvalue weighted by molar-refractivity contribution is 7.00. The average molecular weight is 1170 g/mol. The highest BCUT2D eigenvalue weighted by Crippen LogP contribution is 2.57. The van der Waals surface area contributed by atoms with E-state index in [1.807, 2.05) is 0 Å². The van der Waals surface area contributed by atoms with Crippen molar-refractivity contribution in [3.8, 4) is 16.9 Å². The summed E-state index contributed by atoms with van der Waals surface area (Å²) in [6.45, 7) is 44.9. The maximum atomic E-state index is 2.73. The van der Waals surface area contributed by atoms with Gasteiger partial charge in [-0.05, 0) is 198 Å². The summed E-state index contributed by atoms with van der Waals surface area (Å²) in [5, 5.41) is 1.34. The Balaban J connectivity index is 1.12. The molecule has 14 rings (SSSR count). The second-order valence-electron chi connectivity index (χ2n) is 32.7. The second-order valence-corrected chi connectivity index (χ2v) is 32.7. The van der Waals surface area contributed by atoms with Crippen molar-refractivity contribution >= 4 is 85.2 Å². The van der Waals surface area contributed by atoms with Gasteiger partial charge in [0.15, 0.2) is 0 Å². The van der Waals surface area contributed by atoms with Gasteiger partial charge in [-0.15, -0.1) is 0 Å². The predicted molar refractivity (Wildman–Crippen MR) is 384 cm³/mol. The molecular weight excluding hydrogens is 1080 g/mol. The molecule has 0 bridgehead atoms. The second kappa shape index (κ2) is 19.7. The van der Waals surface area contributed by atoms with Crippen molar-refractivity contribution in [2.45, 2.75) is 182 Å². The Bertz CT molecular complexity index is 4370. The van der Waals surface area contributed by atoms with Crippen LogP contribution < -0.4 is 31.1 Å². The third-order valence-electron chi connectivity index (χ3n) is 21.2. The predicted octanol–water partition coefficient (Wildman–Crippen LogP) is 21.3. The first kappa shape index (κ1) is 58.7. The third-order valence-corrected chi connectivity index (χ3v) is 21.2. The van der Waals surface area contributed by atoms with Crippen LogP contribution in [0, 0.1) is 6.92 Å². The van der Waals surface area contributed by atoms with E-state index in [1.54, 1.807) is 0 Å². The number of para-hydroxylation sites is 1. The third kappa shape index (κ3) is 9.28. The van der Waals surface area contributed by atoms with Crippen molar-refractivity contribution in [3.05, 3.63) is 232 Å². The lowest BCUT2D eigenvalue weighted by Gasteiger charge is -2.45. The molecule has 450 valence electrons. The quantitative estimate of drug-likeness (QED) is 0.148. The van der Waals surface area contributed by atoms with Crippen molar-refractivity contribution in [2.75, 3.05) is 14.7 Å². The molecular formula is C84H91BN4. The molecule has 0 amide bonds. The molecule has 4 aliphatic rings. The molecule has 9 aromatic carbocycles. The number of nitrogens with zero attached hydrogens (tertiary/aromatic N) is 4. The zero-order chi connectivity index (χ0) is 63.0. The van der Waals surface area contributed by atoms with Gasteiger partial charge in [0, 0.05) is 73.1 Å². The van der Waals surface area contributed by atoms with Gasteiger partial charge in [-0.2, -0.15) is 0 Å². The number of aromatic nitrogens is 1. The summed E-state index contributed by atoms with van der Waals surface area (Å²) >= 11 is 0. The van der Waals surface area contributed by atoms with Gasteiger partial charge in [0.25, 0.3) is 6.71 Å². The van der Waals surface area contributed by atoms with Crippen molar-refractivity contribution in [1.82, 2.24) is 4.57 Å². The van der Waals surface area contributed by atoms with E-state index in [0.717, 1.165) is 47.0 Å². The summed E-state index contributed by atoms with van der Waals surface area (Å²) in [5.41, 5.74) is 31.6. The summed E-state index contributed by atoms with van der Waals surface area (Å²) in [4.78, 5) is 7.77. The maximum Gasteiger partial charge on any atom is 0.252 e. The molecule has 0 unspecified atom stereocenters. The number of hydrogen-bond acceptors (Lipinski definition) is 3. The average Bonchev–Trinajstić information content (AvgIpc) is 1.56. The van der Waals surface area contributed by atoms with Gasteiger partial charge < -0.3 is 19.3 Å². The fourth-order valence-corrected chi connectivity index (χ4v) is 15.8. The fraction of sp³-hybridized carbons (Fsp3) is 0.333. The number of fused-ring (bicyclic) bond motifs is 10. The van der Waals surface area contributed by atoms with Gasteiger partial charge in [-0.25, -0.2) is 0 Å². The Hall–Kier alpha value is -8.02. The lowest BCUT2D eigenvalue weighted by Crippen LogP contribution is -2.60. The zero-order valence-electron chi connectivity index (χ0n) is 56.6. The van der Waals surface area contributed by atoms with Crippen LogP contribution in [-0.2, 0) is 37.9 Å². The number of anilines is 9. The minimum atomic E-state index is -0.233. The Labute approximate surface area is 532 Å². The first-order valence-electron chi connectivity index (χ1n) is 32.9. The highest BCUT2D eigenvalue weighted by atomic mass is 15.2. The number of hydrogen-bond donors (Lipinski definition) is 0. The van der Waals surface area contributed by atoms with E-state index in [-0.39, 0.29) is 44.6 Å². The van der Waals surface area contributed by atoms with Gasteiger partial charge in [0.2, 0.25) is 0 Å². The van der Waals surface area contributed by atoms with Crippen LogP contribution in [0.4, 0.5) is 51.2 Å². The van der Waals surface area contributed by atoms with Crippen molar-refractivity contribution < 1.29 is 0 Å². The van der Waals surface area contributed by atoms with Crippen LogP contribution in [0.2, 0.25) is 0 Å². The van der Waals surface area contributed by atoms with Crippen LogP contribution in [0.3, 0.4) is 0 Å². The monoisotopic (exact) mass is 1170 g/mol. The molecule has 0 N–H and O–H groups in total. The first-order chi connectivity index (χ1) is 41.8. The molecule has 0 fully saturated rings. The maximum absolute atomic E-state index is 2.73. The summed E-state index contributed by atoms with van der Waals surface area (Å²) in [6, 6.07) is 71.9. The van der Waals surface area contributed by atoms with Crippen LogP contribution in [-0.4, -0.2) is 11.3 Å². The molecule has 0 radical (unpaired) electrons. The minimum Gasteiger partial charge on any atom is -0.311 e. The molecule has 0 saturated carbocycles. The van der Waals surface area contributed by atoms with E-state index < -0.39 is 0 Å². The van der Waals surface area contributed by atoms with E-state index in [4.69, 9.17) is 0 Å². The topological polar surface area (TPSA) is 14.7 Å². The molecule has 89 heavy (non-hydrogen) atoms. The summed E-state index contributed by atoms with van der Waals surface area (Å²) in [5.74, 6) is 0. The van der Waals surface area contributed by atoms with E-state index in [0.29, 0.717) is 0 Å². The number of rotatable bonds is 7. The molecule has 1 aromatic heterocycles. The lowest BCUT2D eigenvalue weighted by atomic mass is 9.33. The molecule has 3 heterocycles. The zero-order valence-corrected chi connectivity index (χ0v) is 56.6. The smallest absolute Gasteiger partial charge is 0.252 e. The molecule has 10 aromatic rings. The highest BCUT2D eigenvalue weighted by Gasteiger charge is 2.48. The van der Waals surface area contributed by atoms with E-state index in [2.05, 4.69) is 333 Å². The molecule has 2 aliphatic carbocycles. The van der Waals surface area contributed by atoms with Gasteiger partial charge in [-0.3, -0.25) is 0 Å². The van der Waals surface area contributed by atoms with Crippen LogP contribution in [0.5, 0.6) is 0 Å². The van der Waals surface area contributed by atoms with Crippen LogP contribution in [0.1, 0.15) is 188 Å². The van der Waals surface area contributed by atoms with Gasteiger partial charge >= 0.3 is 0 Å². The van der Waals surface area contributed by atoms with Gasteiger partial charge in [-0.1, -0.05) is 228 Å². The molecule has 5 heteroatoms. The molecule has 0 spiro atoms. The van der Waals surface area contributed by atoms with E-state index in [1.165, 1.54) is 111 Å². The SMILES string of the molecule is Cc1cc2c(cc1N1c3cc(N(c4ccc(C(C)(C)C)cc4)c4ccc(C(C)(C)C)cc4)ccc3B3c4c1cc(N(c1ccc(C(C)(C)C)cc1)c1ccc(C(C)(C)C)cc1)cc4-n1c4c(c5cccc3c51)C(C)(C)c1ccccc1-4)C(C)(C)CCC2(C)C. The normalized spacial score (nSPS) is 15.9. The molecule has 0 atom stereocenters. The molecule has 4 nitrogen and oxygen atoms in total. The van der Waals surface area contributed by atoms with Crippen LogP contribution in [0.25, 0.3) is 27.8 Å². The minimum absolute atomic E-state index is 0.00891. The molecule has 2 aliphatic heterocycles. The number of benzene rings is 9. The lowest BCUT2D eigenvalue weighted by molar-refractivity contribution is 0.332. The van der Waals surface area contributed by atoms with Gasteiger partial charge in [0.05, 0.1) is 11.4 Å². The summed E-state index contributed by atoms with van der Waals surface area (Å²) in [6.07, 6.45) is 2.28. The summed E-state index contributed by atoms with van der Waals surface area (Å²) in [7, 11) is 0. The largest absolute Gasteiger partial charge is 0.311 e. The standard InChI is InChI=1S/C84H91BN4/c1-52-47-66-67(83(16,17)46-45-82(66,14)15)51-70(52)88-71-48-61(86(57-35-27-53(28-36-57)78(2,3)4)58-37-29-54(30-38-58)79(5,6)7)43-44-68(71)85-69-26-22-24-64-74-77(63-23-20-21-25-65(63)84(74,18)19)89(76(64)69)73-50-62(49-72(88)75(73)85)87(59-39-31-55(32-40-59)80(8,9)10)60-41-33-56(34-42-60)81(11,12)13/h20-44,47-51H,45-46H2,1-19H3. The van der Waals surface area contributed by atoms with Crippen molar-refractivity contribution in [1.29, 1.82) is 0 Å². The Morgan fingerprint density at radius 1 is 0.393 bits per heavy atom. The van der Waals surface area contributed by atoms with Crippen LogP contribution in [0.15, 0.2) is 182 Å². The van der Waals surface area contributed by atoms with E-state index in [9.17, 15) is 0 Å². The Morgan fingerprint density at radius 3 is 1.33 bits per heavy atom. The van der Waals surface area contributed by atoms with Crippen molar-refractivity contribution in [2.24, 2.45) is 0 Å². The Morgan fingerprint density at radius 2 is 0.831 bits per heavy atom. The Kier molecular flexibility index (Phi) is 13.0. The summed E-state index contributed by atoms with van der Waals surface area (Å²) < 4.78 is 2.73. The van der Waals surface area contributed by atoms with Crippen molar-refractivity contribution in [3.63, 3.8) is 0 Å². The first-order valence-corrected chi connectivity index (χ1v) is 32.9. The number of aryl methyl sites for hydroxylation is 1. The molecule has 0 saturated heterocycles. The fourth-order valence-electron chi connectivity index (χ4n) is 15.8.